The molecule has 2 aromatic carbocycles. The van der Waals surface area contributed by atoms with Crippen LogP contribution in [0.2, 0.25) is 0 Å². The van der Waals surface area contributed by atoms with Crippen LogP contribution in [0.4, 0.5) is 0 Å². The summed E-state index contributed by atoms with van der Waals surface area (Å²) in [6.07, 6.45) is 0.976. The lowest BCUT2D eigenvalue weighted by Gasteiger charge is -2.15. The van der Waals surface area contributed by atoms with E-state index in [9.17, 15) is 9.90 Å². The Morgan fingerprint density at radius 1 is 1.19 bits per heavy atom. The van der Waals surface area contributed by atoms with E-state index in [1.807, 2.05) is 6.92 Å². The first-order valence-corrected chi connectivity index (χ1v) is 7.56. The molecule has 0 spiro atoms. The molecule has 3 heteroatoms. The molecule has 1 aliphatic rings. The Balaban J connectivity index is 1.63. The Bertz CT molecular complexity index is 652. The van der Waals surface area contributed by atoms with E-state index in [0.29, 0.717) is 6.54 Å². The smallest absolute Gasteiger partial charge is 0.308 e. The zero-order chi connectivity index (χ0) is 14.8. The SMILES string of the molecule is C[C@@H]1CN(CCc2ccc3ccccc3c2)C[C@H]1C(=O)O. The Morgan fingerprint density at radius 2 is 1.95 bits per heavy atom. The summed E-state index contributed by atoms with van der Waals surface area (Å²) in [6.45, 7) is 4.55. The predicted octanol–water partition coefficient (Wildman–Crippen LogP) is 3.03. The van der Waals surface area contributed by atoms with Gasteiger partial charge in [-0.15, -0.1) is 0 Å². The maximum atomic E-state index is 11.2. The van der Waals surface area contributed by atoms with Gasteiger partial charge in [0.1, 0.15) is 0 Å². The van der Waals surface area contributed by atoms with E-state index in [-0.39, 0.29) is 11.8 Å². The second-order valence-corrected chi connectivity index (χ2v) is 6.11. The van der Waals surface area contributed by atoms with Gasteiger partial charge < -0.3 is 10.0 Å². The third-order valence-electron chi connectivity index (χ3n) is 4.54. The summed E-state index contributed by atoms with van der Waals surface area (Å²) in [6, 6.07) is 15.0. The fourth-order valence-corrected chi connectivity index (χ4v) is 3.25. The predicted molar refractivity (Wildman–Crippen MR) is 84.4 cm³/mol. The van der Waals surface area contributed by atoms with Crippen molar-refractivity contribution in [3.63, 3.8) is 0 Å². The first-order chi connectivity index (χ1) is 10.1. The number of rotatable bonds is 4. The Morgan fingerprint density at radius 3 is 2.67 bits per heavy atom. The molecule has 3 rings (SSSR count). The van der Waals surface area contributed by atoms with Crippen molar-refractivity contribution in [2.45, 2.75) is 13.3 Å². The lowest BCUT2D eigenvalue weighted by molar-refractivity contribution is -0.142. The molecule has 0 unspecified atom stereocenters. The van der Waals surface area contributed by atoms with Crippen LogP contribution >= 0.6 is 0 Å². The zero-order valence-corrected chi connectivity index (χ0v) is 12.3. The summed E-state index contributed by atoms with van der Waals surface area (Å²) >= 11 is 0. The zero-order valence-electron chi connectivity index (χ0n) is 12.3. The molecule has 0 aliphatic carbocycles. The fraction of sp³-hybridized carbons (Fsp3) is 0.389. The van der Waals surface area contributed by atoms with Gasteiger partial charge in [-0.25, -0.2) is 0 Å². The average molecular weight is 283 g/mol. The second kappa shape index (κ2) is 5.86. The number of fused-ring (bicyclic) bond motifs is 1. The maximum Gasteiger partial charge on any atom is 0.308 e. The van der Waals surface area contributed by atoms with Crippen LogP contribution in [0.3, 0.4) is 0 Å². The van der Waals surface area contributed by atoms with Gasteiger partial charge in [0.25, 0.3) is 0 Å². The topological polar surface area (TPSA) is 40.5 Å². The van der Waals surface area contributed by atoms with Crippen LogP contribution in [0.5, 0.6) is 0 Å². The Labute approximate surface area is 125 Å². The lowest BCUT2D eigenvalue weighted by atomic mass is 9.99. The van der Waals surface area contributed by atoms with Gasteiger partial charge in [0.05, 0.1) is 5.92 Å². The first-order valence-electron chi connectivity index (χ1n) is 7.56. The molecule has 1 fully saturated rings. The minimum absolute atomic E-state index is 0.207. The van der Waals surface area contributed by atoms with Gasteiger partial charge in [-0.1, -0.05) is 49.4 Å². The highest BCUT2D eigenvalue weighted by atomic mass is 16.4. The van der Waals surface area contributed by atoms with Gasteiger partial charge in [0.2, 0.25) is 0 Å². The number of hydrogen-bond donors (Lipinski definition) is 1. The van der Waals surface area contributed by atoms with Crippen molar-refractivity contribution in [1.82, 2.24) is 4.90 Å². The molecule has 0 bridgehead atoms. The lowest BCUT2D eigenvalue weighted by Crippen LogP contribution is -2.25. The van der Waals surface area contributed by atoms with E-state index in [2.05, 4.69) is 47.4 Å². The van der Waals surface area contributed by atoms with Crippen molar-refractivity contribution < 1.29 is 9.90 Å². The van der Waals surface area contributed by atoms with Crippen molar-refractivity contribution >= 4 is 16.7 Å². The van der Waals surface area contributed by atoms with Crippen LogP contribution in [0.1, 0.15) is 12.5 Å². The summed E-state index contributed by atoms with van der Waals surface area (Å²) in [5.41, 5.74) is 1.32. The van der Waals surface area contributed by atoms with Gasteiger partial charge in [-0.2, -0.15) is 0 Å². The number of carboxylic acids is 1. The summed E-state index contributed by atoms with van der Waals surface area (Å²) in [5, 5.41) is 11.7. The molecule has 0 radical (unpaired) electrons. The third kappa shape index (κ3) is 3.08. The van der Waals surface area contributed by atoms with Crippen molar-refractivity contribution in [2.24, 2.45) is 11.8 Å². The van der Waals surface area contributed by atoms with Crippen LogP contribution in [0.15, 0.2) is 42.5 Å². The number of aliphatic carboxylic acids is 1. The van der Waals surface area contributed by atoms with E-state index >= 15 is 0 Å². The number of hydrogen-bond acceptors (Lipinski definition) is 2. The molecule has 1 saturated heterocycles. The molecule has 1 heterocycles. The number of carbonyl (C=O) groups is 1. The van der Waals surface area contributed by atoms with Gasteiger partial charge in [-0.3, -0.25) is 4.79 Å². The van der Waals surface area contributed by atoms with Crippen LogP contribution in [-0.4, -0.2) is 35.6 Å². The highest BCUT2D eigenvalue weighted by Crippen LogP contribution is 2.23. The van der Waals surface area contributed by atoms with Crippen LogP contribution < -0.4 is 0 Å². The van der Waals surface area contributed by atoms with E-state index in [4.69, 9.17) is 0 Å². The van der Waals surface area contributed by atoms with E-state index < -0.39 is 5.97 Å². The molecule has 0 amide bonds. The summed E-state index contributed by atoms with van der Waals surface area (Å²) in [7, 11) is 0. The van der Waals surface area contributed by atoms with Crippen molar-refractivity contribution in [2.75, 3.05) is 19.6 Å². The number of carboxylic acid groups (broad SMARTS) is 1. The van der Waals surface area contributed by atoms with Gasteiger partial charge in [0, 0.05) is 19.6 Å². The number of likely N-dealkylation sites (tertiary alicyclic amines) is 1. The maximum absolute atomic E-state index is 11.2. The molecule has 1 N–H and O–H groups in total. The summed E-state index contributed by atoms with van der Waals surface area (Å²) < 4.78 is 0. The molecule has 2 atom stereocenters. The van der Waals surface area contributed by atoms with Gasteiger partial charge in [-0.05, 0) is 28.7 Å². The average Bonchev–Trinajstić information content (AvgIpc) is 2.86. The first kappa shape index (κ1) is 14.1. The normalized spacial score (nSPS) is 22.7. The molecule has 2 aromatic rings. The number of benzene rings is 2. The molecule has 0 aromatic heterocycles. The highest BCUT2D eigenvalue weighted by Gasteiger charge is 2.34. The monoisotopic (exact) mass is 283 g/mol. The molecule has 3 nitrogen and oxygen atoms in total. The van der Waals surface area contributed by atoms with Crippen molar-refractivity contribution in [3.8, 4) is 0 Å². The van der Waals surface area contributed by atoms with Gasteiger partial charge in [0.15, 0.2) is 0 Å². The Kier molecular flexibility index (Phi) is 3.93. The van der Waals surface area contributed by atoms with Crippen molar-refractivity contribution in [3.05, 3.63) is 48.0 Å². The molecule has 110 valence electrons. The minimum Gasteiger partial charge on any atom is -0.481 e. The molecular weight excluding hydrogens is 262 g/mol. The summed E-state index contributed by atoms with van der Waals surface area (Å²) in [4.78, 5) is 13.4. The standard InChI is InChI=1S/C18H21NO2/c1-13-11-19(12-17(13)18(20)21)9-8-14-6-7-15-4-2-3-5-16(15)10-14/h2-7,10,13,17H,8-9,11-12H2,1H3,(H,20,21)/t13-,17-/m1/s1. The van der Waals surface area contributed by atoms with E-state index in [1.165, 1.54) is 16.3 Å². The van der Waals surface area contributed by atoms with Gasteiger partial charge >= 0.3 is 5.97 Å². The van der Waals surface area contributed by atoms with Crippen molar-refractivity contribution in [1.29, 1.82) is 0 Å². The van der Waals surface area contributed by atoms with E-state index in [1.54, 1.807) is 0 Å². The molecule has 0 saturated carbocycles. The van der Waals surface area contributed by atoms with Crippen LogP contribution in [0.25, 0.3) is 10.8 Å². The fourth-order valence-electron chi connectivity index (χ4n) is 3.25. The van der Waals surface area contributed by atoms with Crippen LogP contribution in [-0.2, 0) is 11.2 Å². The minimum atomic E-state index is -0.657. The third-order valence-corrected chi connectivity index (χ3v) is 4.54. The van der Waals surface area contributed by atoms with Crippen LogP contribution in [0, 0.1) is 11.8 Å². The molecule has 1 aliphatic heterocycles. The molecular formula is C18H21NO2. The quantitative estimate of drug-likeness (QED) is 0.937. The second-order valence-electron chi connectivity index (χ2n) is 6.11. The highest BCUT2D eigenvalue weighted by molar-refractivity contribution is 5.83. The van der Waals surface area contributed by atoms with E-state index in [0.717, 1.165) is 19.5 Å². The number of nitrogens with zero attached hydrogens (tertiary/aromatic N) is 1. The molecule has 21 heavy (non-hydrogen) atoms. The Hall–Kier alpha value is -1.87. The largest absolute Gasteiger partial charge is 0.481 e. The summed E-state index contributed by atoms with van der Waals surface area (Å²) in [5.74, 6) is -0.614.